The summed E-state index contributed by atoms with van der Waals surface area (Å²) < 4.78 is 1.93. The van der Waals surface area contributed by atoms with Crippen LogP contribution >= 0.6 is 11.3 Å². The van der Waals surface area contributed by atoms with Crippen LogP contribution in [0.3, 0.4) is 0 Å². The maximum Gasteiger partial charge on any atom is 0.234 e. The lowest BCUT2D eigenvalue weighted by Crippen LogP contribution is -2.34. The van der Waals surface area contributed by atoms with E-state index < -0.39 is 0 Å². The fourth-order valence-electron chi connectivity index (χ4n) is 3.14. The number of rotatable bonds is 4. The van der Waals surface area contributed by atoms with Crippen LogP contribution in [0.5, 0.6) is 0 Å². The highest BCUT2D eigenvalue weighted by Gasteiger charge is 2.26. The van der Waals surface area contributed by atoms with E-state index in [4.69, 9.17) is 5.10 Å². The lowest BCUT2D eigenvalue weighted by atomic mass is 9.99. The molecule has 0 radical (unpaired) electrons. The second kappa shape index (κ2) is 6.23. The Morgan fingerprint density at radius 2 is 2.26 bits per heavy atom. The molecule has 0 aromatic carbocycles. The Hall–Kier alpha value is -2.02. The van der Waals surface area contributed by atoms with E-state index in [9.17, 15) is 0 Å². The molecule has 0 spiro atoms. The summed E-state index contributed by atoms with van der Waals surface area (Å²) in [4.78, 5) is 7.76. The van der Waals surface area contributed by atoms with Gasteiger partial charge in [0.05, 0.1) is 0 Å². The molecule has 1 saturated heterocycles. The first-order valence-corrected chi connectivity index (χ1v) is 9.04. The number of aromatic nitrogens is 5. The van der Waals surface area contributed by atoms with Crippen molar-refractivity contribution in [3.8, 4) is 0 Å². The van der Waals surface area contributed by atoms with Crippen molar-refractivity contribution in [3.05, 3.63) is 35.2 Å². The smallest absolute Gasteiger partial charge is 0.234 e. The minimum absolute atomic E-state index is 0.451. The van der Waals surface area contributed by atoms with Crippen molar-refractivity contribution < 1.29 is 0 Å². The van der Waals surface area contributed by atoms with Crippen molar-refractivity contribution >= 4 is 22.1 Å². The molecule has 0 saturated carbocycles. The molecule has 23 heavy (non-hydrogen) atoms. The largest absolute Gasteiger partial charge is 0.356 e. The van der Waals surface area contributed by atoms with Crippen molar-refractivity contribution in [1.29, 1.82) is 0 Å². The average molecular weight is 328 g/mol. The van der Waals surface area contributed by atoms with Crippen LogP contribution in [-0.2, 0) is 6.42 Å². The van der Waals surface area contributed by atoms with Gasteiger partial charge in [0, 0.05) is 31.6 Å². The topological polar surface area (TPSA) is 59.2 Å². The summed E-state index contributed by atoms with van der Waals surface area (Å²) in [5.41, 5.74) is 0. The van der Waals surface area contributed by atoms with E-state index in [1.165, 1.54) is 17.8 Å². The second-order valence-corrected chi connectivity index (χ2v) is 6.96. The zero-order valence-corrected chi connectivity index (χ0v) is 14.0. The van der Waals surface area contributed by atoms with E-state index in [1.54, 1.807) is 11.3 Å². The molecule has 6 nitrogen and oxygen atoms in total. The van der Waals surface area contributed by atoms with Gasteiger partial charge >= 0.3 is 0 Å². The van der Waals surface area contributed by atoms with Gasteiger partial charge < -0.3 is 4.90 Å². The van der Waals surface area contributed by atoms with Gasteiger partial charge in [-0.3, -0.25) is 0 Å². The van der Waals surface area contributed by atoms with Crippen LogP contribution in [-0.4, -0.2) is 37.9 Å². The molecule has 4 rings (SSSR count). The Balaban J connectivity index is 1.57. The van der Waals surface area contributed by atoms with E-state index in [2.05, 4.69) is 33.1 Å². The lowest BCUT2D eigenvalue weighted by Gasteiger charge is -2.32. The normalized spacial score (nSPS) is 18.7. The van der Waals surface area contributed by atoms with Gasteiger partial charge in [-0.2, -0.15) is 9.61 Å². The van der Waals surface area contributed by atoms with Crippen LogP contribution in [0.1, 0.15) is 42.9 Å². The van der Waals surface area contributed by atoms with Gasteiger partial charge in [-0.1, -0.05) is 24.3 Å². The van der Waals surface area contributed by atoms with Gasteiger partial charge in [-0.25, -0.2) is 4.98 Å². The molecular formula is C16H20N6S. The molecule has 7 heteroatoms. The van der Waals surface area contributed by atoms with E-state index in [0.29, 0.717) is 5.92 Å². The fraction of sp³-hybridized carbons (Fsp3) is 0.500. The highest BCUT2D eigenvalue weighted by molar-refractivity contribution is 7.16. The third-order valence-corrected chi connectivity index (χ3v) is 5.35. The molecule has 1 atom stereocenters. The Morgan fingerprint density at radius 3 is 3.09 bits per heavy atom. The third kappa shape index (κ3) is 2.81. The van der Waals surface area contributed by atoms with Gasteiger partial charge in [0.1, 0.15) is 10.8 Å². The molecule has 120 valence electrons. The van der Waals surface area contributed by atoms with Crippen LogP contribution in [0.2, 0.25) is 0 Å². The molecule has 0 aliphatic carbocycles. The lowest BCUT2D eigenvalue weighted by molar-refractivity contribution is 0.501. The van der Waals surface area contributed by atoms with Crippen LogP contribution in [0.15, 0.2) is 24.4 Å². The van der Waals surface area contributed by atoms with E-state index in [-0.39, 0.29) is 0 Å². The molecule has 0 amide bonds. The predicted octanol–water partition coefficient (Wildman–Crippen LogP) is 2.92. The monoisotopic (exact) mass is 328 g/mol. The number of hydrogen-bond donors (Lipinski definition) is 0. The summed E-state index contributed by atoms with van der Waals surface area (Å²) in [5, 5.41) is 14.5. The van der Waals surface area contributed by atoms with Crippen LogP contribution in [0.25, 0.3) is 4.96 Å². The molecule has 1 fully saturated rings. The Labute approximate surface area is 139 Å². The van der Waals surface area contributed by atoms with Crippen molar-refractivity contribution in [1.82, 2.24) is 24.8 Å². The maximum atomic E-state index is 4.81. The summed E-state index contributed by atoms with van der Waals surface area (Å²) in [5.74, 6) is 2.49. The van der Waals surface area contributed by atoms with Crippen molar-refractivity contribution in [2.45, 2.75) is 38.5 Å². The molecule has 0 N–H and O–H groups in total. The molecule has 1 aliphatic rings. The SMILES string of the molecule is CCCc1nnc2sc([C@@H]3CCCN(c4ccccn4)C3)nn12. The Bertz CT molecular complexity index is 780. The number of nitrogens with zero attached hydrogens (tertiary/aromatic N) is 6. The quantitative estimate of drug-likeness (QED) is 0.737. The van der Waals surface area contributed by atoms with E-state index >= 15 is 0 Å². The van der Waals surface area contributed by atoms with Crippen molar-refractivity contribution in [2.75, 3.05) is 18.0 Å². The average Bonchev–Trinajstić information content (AvgIpc) is 3.18. The Kier molecular flexibility index (Phi) is 3.95. The number of aryl methyl sites for hydroxylation is 1. The van der Waals surface area contributed by atoms with Gasteiger partial charge in [-0.05, 0) is 31.4 Å². The van der Waals surface area contributed by atoms with Crippen LogP contribution in [0, 0.1) is 0 Å². The third-order valence-electron chi connectivity index (χ3n) is 4.29. The molecular weight excluding hydrogens is 308 g/mol. The number of fused-ring (bicyclic) bond motifs is 1. The zero-order chi connectivity index (χ0) is 15.6. The summed E-state index contributed by atoms with van der Waals surface area (Å²) in [6.07, 6.45) is 6.19. The first-order chi connectivity index (χ1) is 11.3. The molecule has 0 unspecified atom stereocenters. The van der Waals surface area contributed by atoms with Gasteiger partial charge in [0.25, 0.3) is 0 Å². The van der Waals surface area contributed by atoms with Gasteiger partial charge in [-0.15, -0.1) is 10.2 Å². The number of pyridine rings is 1. The number of hydrogen-bond acceptors (Lipinski definition) is 6. The fourth-order valence-corrected chi connectivity index (χ4v) is 4.13. The zero-order valence-electron chi connectivity index (χ0n) is 13.2. The molecule has 1 aliphatic heterocycles. The van der Waals surface area contributed by atoms with Crippen LogP contribution in [0.4, 0.5) is 5.82 Å². The summed E-state index contributed by atoms with van der Waals surface area (Å²) in [7, 11) is 0. The number of anilines is 1. The van der Waals surface area contributed by atoms with Crippen molar-refractivity contribution in [3.63, 3.8) is 0 Å². The molecule has 4 heterocycles. The summed E-state index contributed by atoms with van der Waals surface area (Å²) in [6.45, 7) is 4.20. The standard InChI is InChI=1S/C16H20N6S/c1-2-6-14-18-19-16-22(14)20-15(23-16)12-7-5-10-21(11-12)13-8-3-4-9-17-13/h3-4,8-9,12H,2,5-7,10-11H2,1H3/t12-/m1/s1. The van der Waals surface area contributed by atoms with E-state index in [1.807, 2.05) is 22.8 Å². The highest BCUT2D eigenvalue weighted by Crippen LogP contribution is 2.31. The number of piperidine rings is 1. The minimum Gasteiger partial charge on any atom is -0.356 e. The second-order valence-electron chi connectivity index (χ2n) is 5.97. The highest BCUT2D eigenvalue weighted by atomic mass is 32.1. The molecule has 3 aromatic rings. The van der Waals surface area contributed by atoms with Gasteiger partial charge in [0.15, 0.2) is 5.82 Å². The van der Waals surface area contributed by atoms with Gasteiger partial charge in [0.2, 0.25) is 4.96 Å². The van der Waals surface area contributed by atoms with E-state index in [0.717, 1.165) is 42.5 Å². The summed E-state index contributed by atoms with van der Waals surface area (Å²) >= 11 is 1.68. The van der Waals surface area contributed by atoms with Crippen molar-refractivity contribution in [2.24, 2.45) is 0 Å². The maximum absolute atomic E-state index is 4.81. The minimum atomic E-state index is 0.451. The molecule has 3 aromatic heterocycles. The first kappa shape index (κ1) is 14.6. The predicted molar refractivity (Wildman–Crippen MR) is 91.1 cm³/mol. The summed E-state index contributed by atoms with van der Waals surface area (Å²) in [6, 6.07) is 6.09. The van der Waals surface area contributed by atoms with Crippen LogP contribution < -0.4 is 4.90 Å². The first-order valence-electron chi connectivity index (χ1n) is 8.22. The molecule has 0 bridgehead atoms. The Morgan fingerprint density at radius 1 is 1.30 bits per heavy atom.